The van der Waals surface area contributed by atoms with E-state index in [4.69, 9.17) is 9.47 Å². The van der Waals surface area contributed by atoms with Gasteiger partial charge in [0.1, 0.15) is 16.5 Å². The molecule has 0 N–H and O–H groups in total. The summed E-state index contributed by atoms with van der Waals surface area (Å²) < 4.78 is 49.2. The normalized spacial score (nSPS) is 14.6. The van der Waals surface area contributed by atoms with Crippen LogP contribution in [0.25, 0.3) is 10.6 Å². The van der Waals surface area contributed by atoms with E-state index in [-0.39, 0.29) is 5.91 Å². The number of methoxy groups -OCH3 is 2. The van der Waals surface area contributed by atoms with Crippen molar-refractivity contribution < 1.29 is 27.4 Å². The zero-order chi connectivity index (χ0) is 24.3. The third-order valence-corrected chi connectivity index (χ3v) is 6.41. The highest BCUT2D eigenvalue weighted by molar-refractivity contribution is 7.13. The number of pyridine rings is 1. The Kier molecular flexibility index (Phi) is 6.92. The number of nitrogens with zero attached hydrogens (tertiary/aromatic N) is 4. The lowest BCUT2D eigenvalue weighted by Crippen LogP contribution is -2.35. The summed E-state index contributed by atoms with van der Waals surface area (Å²) in [5.41, 5.74) is 0.294. The molecule has 3 heterocycles. The first-order chi connectivity index (χ1) is 16.3. The molecule has 1 aliphatic heterocycles. The van der Waals surface area contributed by atoms with Crippen LogP contribution in [-0.4, -0.2) is 61.2 Å². The van der Waals surface area contributed by atoms with Gasteiger partial charge in [-0.15, -0.1) is 11.3 Å². The minimum atomic E-state index is -4.42. The summed E-state index contributed by atoms with van der Waals surface area (Å²) in [7, 11) is 3.11. The average molecular weight is 493 g/mol. The molecule has 2 aromatic heterocycles. The SMILES string of the molecule is COc1cccc(-c2nc(C(=O)N3CCCN(c4ccc(C(F)(F)F)cn4)CC3)cs2)c1OC. The summed E-state index contributed by atoms with van der Waals surface area (Å²) in [6.45, 7) is 1.98. The minimum Gasteiger partial charge on any atom is -0.493 e. The number of anilines is 1. The van der Waals surface area contributed by atoms with Crippen LogP contribution < -0.4 is 14.4 Å². The van der Waals surface area contributed by atoms with E-state index in [1.54, 1.807) is 30.6 Å². The molecular weight excluding hydrogens is 469 g/mol. The number of aromatic nitrogens is 2. The molecule has 180 valence electrons. The number of benzene rings is 1. The highest BCUT2D eigenvalue weighted by atomic mass is 32.1. The molecule has 3 aromatic rings. The fraction of sp³-hybridized carbons (Fsp3) is 0.348. The number of carbonyl (C=O) groups excluding carboxylic acids is 1. The third-order valence-electron chi connectivity index (χ3n) is 5.54. The summed E-state index contributed by atoms with van der Waals surface area (Å²) >= 11 is 1.34. The molecule has 1 amide bonds. The number of amides is 1. The van der Waals surface area contributed by atoms with E-state index < -0.39 is 11.7 Å². The second-order valence-corrected chi connectivity index (χ2v) is 8.47. The van der Waals surface area contributed by atoms with Gasteiger partial charge in [0.15, 0.2) is 11.5 Å². The Labute approximate surface area is 198 Å². The quantitative estimate of drug-likeness (QED) is 0.519. The van der Waals surface area contributed by atoms with Crippen molar-refractivity contribution in [2.24, 2.45) is 0 Å². The van der Waals surface area contributed by atoms with Crippen LogP contribution in [0.3, 0.4) is 0 Å². The highest BCUT2D eigenvalue weighted by Gasteiger charge is 2.31. The lowest BCUT2D eigenvalue weighted by molar-refractivity contribution is -0.137. The summed E-state index contributed by atoms with van der Waals surface area (Å²) in [5, 5.41) is 2.36. The number of alkyl halides is 3. The zero-order valence-corrected chi connectivity index (χ0v) is 19.4. The predicted octanol–water partition coefficient (Wildman–Crippen LogP) is 4.59. The van der Waals surface area contributed by atoms with Gasteiger partial charge >= 0.3 is 6.18 Å². The van der Waals surface area contributed by atoms with Gasteiger partial charge in [-0.3, -0.25) is 4.79 Å². The molecule has 7 nitrogen and oxygen atoms in total. The first-order valence-electron chi connectivity index (χ1n) is 10.6. The van der Waals surface area contributed by atoms with Gasteiger partial charge in [-0.1, -0.05) is 6.07 Å². The van der Waals surface area contributed by atoms with E-state index >= 15 is 0 Å². The van der Waals surface area contributed by atoms with Crippen molar-refractivity contribution in [3.8, 4) is 22.1 Å². The van der Waals surface area contributed by atoms with Gasteiger partial charge in [0.05, 0.1) is 25.3 Å². The summed E-state index contributed by atoms with van der Waals surface area (Å²) in [6.07, 6.45) is -2.92. The number of hydrogen-bond acceptors (Lipinski definition) is 7. The van der Waals surface area contributed by atoms with Gasteiger partial charge in [0, 0.05) is 37.8 Å². The van der Waals surface area contributed by atoms with Gasteiger partial charge in [-0.25, -0.2) is 9.97 Å². The smallest absolute Gasteiger partial charge is 0.417 e. The summed E-state index contributed by atoms with van der Waals surface area (Å²) in [4.78, 5) is 25.2. The van der Waals surface area contributed by atoms with Crippen molar-refractivity contribution in [1.29, 1.82) is 0 Å². The van der Waals surface area contributed by atoms with Crippen molar-refractivity contribution in [3.63, 3.8) is 0 Å². The van der Waals surface area contributed by atoms with E-state index in [1.807, 2.05) is 17.0 Å². The number of carbonyl (C=O) groups is 1. The van der Waals surface area contributed by atoms with Crippen LogP contribution in [-0.2, 0) is 6.18 Å². The van der Waals surface area contributed by atoms with Crippen LogP contribution in [0.15, 0.2) is 41.9 Å². The lowest BCUT2D eigenvalue weighted by atomic mass is 10.2. The van der Waals surface area contributed by atoms with Gasteiger partial charge in [-0.2, -0.15) is 13.2 Å². The van der Waals surface area contributed by atoms with Crippen molar-refractivity contribution in [1.82, 2.24) is 14.9 Å². The second-order valence-electron chi connectivity index (χ2n) is 7.61. The predicted molar refractivity (Wildman–Crippen MR) is 123 cm³/mol. The molecule has 34 heavy (non-hydrogen) atoms. The van der Waals surface area contributed by atoms with E-state index in [1.165, 1.54) is 17.4 Å². The fourth-order valence-corrected chi connectivity index (χ4v) is 4.62. The number of thiazole rings is 1. The second kappa shape index (κ2) is 9.88. The molecule has 1 aliphatic rings. The monoisotopic (exact) mass is 492 g/mol. The Morgan fingerprint density at radius 1 is 1.06 bits per heavy atom. The number of halogens is 3. The molecule has 1 fully saturated rings. The van der Waals surface area contributed by atoms with Crippen LogP contribution in [0, 0.1) is 0 Å². The number of hydrogen-bond donors (Lipinski definition) is 0. The molecule has 0 radical (unpaired) electrons. The van der Waals surface area contributed by atoms with Gasteiger partial charge in [0.2, 0.25) is 0 Å². The van der Waals surface area contributed by atoms with Gasteiger partial charge in [-0.05, 0) is 30.7 Å². The summed E-state index contributed by atoms with van der Waals surface area (Å²) in [5.74, 6) is 1.40. The first-order valence-corrected chi connectivity index (χ1v) is 11.4. The molecule has 4 rings (SSSR count). The molecule has 1 aromatic carbocycles. The zero-order valence-electron chi connectivity index (χ0n) is 18.6. The van der Waals surface area contributed by atoms with Gasteiger partial charge < -0.3 is 19.3 Å². The van der Waals surface area contributed by atoms with E-state index in [9.17, 15) is 18.0 Å². The van der Waals surface area contributed by atoms with Crippen LogP contribution >= 0.6 is 11.3 Å². The average Bonchev–Trinajstić information content (AvgIpc) is 3.20. The van der Waals surface area contributed by atoms with E-state index in [2.05, 4.69) is 9.97 Å². The molecule has 0 spiro atoms. The molecule has 1 saturated heterocycles. The van der Waals surface area contributed by atoms with Crippen LogP contribution in [0.2, 0.25) is 0 Å². The number of rotatable bonds is 5. The summed E-state index contributed by atoms with van der Waals surface area (Å²) in [6, 6.07) is 7.87. The first kappa shape index (κ1) is 23.8. The maximum absolute atomic E-state index is 13.1. The van der Waals surface area contributed by atoms with Crippen molar-refractivity contribution >= 4 is 23.1 Å². The maximum atomic E-state index is 13.1. The van der Waals surface area contributed by atoms with Crippen LogP contribution in [0.5, 0.6) is 11.5 Å². The van der Waals surface area contributed by atoms with Crippen molar-refractivity contribution in [2.75, 3.05) is 45.3 Å². The Bertz CT molecular complexity index is 1150. The topological polar surface area (TPSA) is 67.8 Å². The number of para-hydroxylation sites is 1. The maximum Gasteiger partial charge on any atom is 0.417 e. The van der Waals surface area contributed by atoms with E-state index in [0.717, 1.165) is 17.8 Å². The molecule has 11 heteroatoms. The van der Waals surface area contributed by atoms with Crippen LogP contribution in [0.1, 0.15) is 22.5 Å². The molecule has 0 unspecified atom stereocenters. The van der Waals surface area contributed by atoms with Crippen molar-refractivity contribution in [3.05, 3.63) is 53.2 Å². The molecule has 0 bridgehead atoms. The molecule has 0 atom stereocenters. The minimum absolute atomic E-state index is 0.188. The highest BCUT2D eigenvalue weighted by Crippen LogP contribution is 2.39. The Balaban J connectivity index is 1.46. The largest absolute Gasteiger partial charge is 0.493 e. The Hall–Kier alpha value is -3.34. The van der Waals surface area contributed by atoms with Crippen molar-refractivity contribution in [2.45, 2.75) is 12.6 Å². The van der Waals surface area contributed by atoms with Gasteiger partial charge in [0.25, 0.3) is 5.91 Å². The standard InChI is InChI=1S/C23H23F3N4O3S/c1-32-18-6-3-5-16(20(18)33-2)21-28-17(14-34-21)22(31)30-10-4-9-29(11-12-30)19-8-7-15(13-27-19)23(24,25)26/h3,5-8,13-14H,4,9-12H2,1-2H3. The molecular formula is C23H23F3N4O3S. The fourth-order valence-electron chi connectivity index (χ4n) is 3.80. The lowest BCUT2D eigenvalue weighted by Gasteiger charge is -2.22. The molecule has 0 saturated carbocycles. The number of ether oxygens (including phenoxy) is 2. The third kappa shape index (κ3) is 4.93. The Morgan fingerprint density at radius 3 is 2.56 bits per heavy atom. The Morgan fingerprint density at radius 2 is 1.88 bits per heavy atom. The molecule has 0 aliphatic carbocycles. The van der Waals surface area contributed by atoms with Crippen LogP contribution in [0.4, 0.5) is 19.0 Å². The van der Waals surface area contributed by atoms with E-state index in [0.29, 0.717) is 60.6 Å².